The molecule has 0 aliphatic heterocycles. The van der Waals surface area contributed by atoms with Gasteiger partial charge < -0.3 is 14.2 Å². The first-order valence-electron chi connectivity index (χ1n) is 33.4. The molecule has 79 heavy (non-hydrogen) atoms. The van der Waals surface area contributed by atoms with Crippen molar-refractivity contribution in [1.29, 1.82) is 0 Å². The van der Waals surface area contributed by atoms with E-state index in [9.17, 15) is 14.4 Å². The summed E-state index contributed by atoms with van der Waals surface area (Å²) in [6, 6.07) is 0. The Morgan fingerprint density at radius 1 is 0.266 bits per heavy atom. The van der Waals surface area contributed by atoms with Crippen LogP contribution in [0.4, 0.5) is 0 Å². The third kappa shape index (κ3) is 64.8. The Hall–Kier alpha value is -3.93. The predicted molar refractivity (Wildman–Crippen MR) is 343 cm³/mol. The fraction of sp³-hybridized carbons (Fsp3) is 0.712. The van der Waals surface area contributed by atoms with Gasteiger partial charge in [0.05, 0.1) is 0 Å². The van der Waals surface area contributed by atoms with Crippen LogP contribution in [0.3, 0.4) is 0 Å². The van der Waals surface area contributed by atoms with Crippen molar-refractivity contribution < 1.29 is 28.6 Å². The maximum Gasteiger partial charge on any atom is 0.306 e. The third-order valence-electron chi connectivity index (χ3n) is 14.3. The molecule has 1 unspecified atom stereocenters. The van der Waals surface area contributed by atoms with E-state index in [1.165, 1.54) is 154 Å². The molecule has 0 aromatic carbocycles. The molecule has 0 heterocycles. The maximum absolute atomic E-state index is 12.9. The molecule has 452 valence electrons. The van der Waals surface area contributed by atoms with Crippen LogP contribution >= 0.6 is 0 Å². The van der Waals surface area contributed by atoms with E-state index < -0.39 is 6.10 Å². The molecule has 0 saturated heterocycles. The van der Waals surface area contributed by atoms with Gasteiger partial charge in [-0.25, -0.2) is 0 Å². The van der Waals surface area contributed by atoms with Gasteiger partial charge in [-0.1, -0.05) is 316 Å². The van der Waals surface area contributed by atoms with Gasteiger partial charge in [-0.05, 0) is 89.9 Å². The molecule has 0 aliphatic carbocycles. The van der Waals surface area contributed by atoms with Crippen molar-refractivity contribution in [1.82, 2.24) is 0 Å². The lowest BCUT2D eigenvalue weighted by molar-refractivity contribution is -0.167. The summed E-state index contributed by atoms with van der Waals surface area (Å²) >= 11 is 0. The second-order valence-corrected chi connectivity index (χ2v) is 22.0. The fourth-order valence-electron chi connectivity index (χ4n) is 9.32. The molecule has 6 heteroatoms. The van der Waals surface area contributed by atoms with E-state index in [0.29, 0.717) is 19.3 Å². The summed E-state index contributed by atoms with van der Waals surface area (Å²) in [5.74, 6) is -0.878. The Kier molecular flexibility index (Phi) is 63.3. The van der Waals surface area contributed by atoms with E-state index in [1.54, 1.807) is 0 Å². The largest absolute Gasteiger partial charge is 0.462 e. The van der Waals surface area contributed by atoms with Gasteiger partial charge in [0.15, 0.2) is 6.10 Å². The number of esters is 3. The van der Waals surface area contributed by atoms with E-state index >= 15 is 0 Å². The second kappa shape index (κ2) is 66.6. The van der Waals surface area contributed by atoms with Crippen molar-refractivity contribution in [3.8, 4) is 0 Å². The number of carbonyl (C=O) groups excluding carboxylic acids is 3. The molecule has 0 aliphatic rings. The minimum Gasteiger partial charge on any atom is -0.462 e. The average molecular weight is 1100 g/mol. The molecule has 0 aromatic heterocycles. The van der Waals surface area contributed by atoms with Gasteiger partial charge in [0.1, 0.15) is 13.2 Å². The molecular formula is C73H124O6. The molecule has 0 fully saturated rings. The zero-order valence-corrected chi connectivity index (χ0v) is 51.9. The molecule has 0 saturated carbocycles. The summed E-state index contributed by atoms with van der Waals surface area (Å²) in [7, 11) is 0. The molecule has 0 rings (SSSR count). The van der Waals surface area contributed by atoms with Crippen LogP contribution in [-0.2, 0) is 28.6 Å². The summed E-state index contributed by atoms with van der Waals surface area (Å²) in [5.41, 5.74) is 0. The molecule has 0 aromatic rings. The van der Waals surface area contributed by atoms with Gasteiger partial charge in [-0.3, -0.25) is 14.4 Å². The summed E-state index contributed by atoms with van der Waals surface area (Å²) < 4.78 is 16.9. The van der Waals surface area contributed by atoms with Gasteiger partial charge in [0, 0.05) is 19.3 Å². The van der Waals surface area contributed by atoms with Crippen molar-refractivity contribution in [2.24, 2.45) is 0 Å². The van der Waals surface area contributed by atoms with E-state index in [1.807, 2.05) is 0 Å². The first-order valence-corrected chi connectivity index (χ1v) is 33.4. The number of hydrogen-bond donors (Lipinski definition) is 0. The molecule has 6 nitrogen and oxygen atoms in total. The minimum atomic E-state index is -0.779. The van der Waals surface area contributed by atoms with Crippen LogP contribution < -0.4 is 0 Å². The highest BCUT2D eigenvalue weighted by atomic mass is 16.6. The Bertz CT molecular complexity index is 1590. The van der Waals surface area contributed by atoms with Crippen LogP contribution in [-0.4, -0.2) is 37.2 Å². The molecule has 0 radical (unpaired) electrons. The van der Waals surface area contributed by atoms with Crippen molar-refractivity contribution in [3.63, 3.8) is 0 Å². The zero-order chi connectivity index (χ0) is 57.1. The highest BCUT2D eigenvalue weighted by molar-refractivity contribution is 5.71. The number of ether oxygens (including phenoxy) is 3. The molecule has 1 atom stereocenters. The van der Waals surface area contributed by atoms with Crippen LogP contribution in [0.25, 0.3) is 0 Å². The lowest BCUT2D eigenvalue weighted by Gasteiger charge is -2.18. The smallest absolute Gasteiger partial charge is 0.306 e. The van der Waals surface area contributed by atoms with E-state index in [4.69, 9.17) is 14.2 Å². The van der Waals surface area contributed by atoms with Crippen molar-refractivity contribution in [3.05, 3.63) is 109 Å². The fourth-order valence-corrected chi connectivity index (χ4v) is 9.32. The SMILES string of the molecule is CC/C=C\C/C=C\C/C=C\C/C=C\C/C=C\C/C=C\C/C=C\C/C=C\C/C=C\CCCCCCCCCC(=O)OCC(COC(=O)CCCCCCCCCCCC)OC(=O)CCCCCCCCCCCCCCCCCC. The van der Waals surface area contributed by atoms with E-state index in [2.05, 4.69) is 130 Å². The topological polar surface area (TPSA) is 78.9 Å². The number of carbonyl (C=O) groups is 3. The van der Waals surface area contributed by atoms with Crippen LogP contribution in [0.15, 0.2) is 109 Å². The highest BCUT2D eigenvalue weighted by Crippen LogP contribution is 2.17. The lowest BCUT2D eigenvalue weighted by Crippen LogP contribution is -2.30. The lowest BCUT2D eigenvalue weighted by atomic mass is 10.0. The number of unbranched alkanes of at least 4 members (excludes halogenated alkanes) is 31. The Morgan fingerprint density at radius 2 is 0.494 bits per heavy atom. The number of allylic oxidation sites excluding steroid dienone is 18. The minimum absolute atomic E-state index is 0.0768. The molecule has 0 bridgehead atoms. The maximum atomic E-state index is 12.9. The molecule has 0 N–H and O–H groups in total. The summed E-state index contributed by atoms with van der Waals surface area (Å²) in [6.45, 7) is 6.53. The zero-order valence-electron chi connectivity index (χ0n) is 51.9. The summed E-state index contributed by atoms with van der Waals surface area (Å²) in [5, 5.41) is 0. The third-order valence-corrected chi connectivity index (χ3v) is 14.3. The van der Waals surface area contributed by atoms with Gasteiger partial charge in [0.2, 0.25) is 0 Å². The van der Waals surface area contributed by atoms with Gasteiger partial charge >= 0.3 is 17.9 Å². The first-order chi connectivity index (χ1) is 39.0. The van der Waals surface area contributed by atoms with Gasteiger partial charge in [0.25, 0.3) is 0 Å². The number of rotatable bonds is 60. The van der Waals surface area contributed by atoms with E-state index in [0.717, 1.165) is 122 Å². The monoisotopic (exact) mass is 1100 g/mol. The molecule has 0 amide bonds. The summed E-state index contributed by atoms with van der Waals surface area (Å²) in [6.07, 6.45) is 91.1. The Morgan fingerprint density at radius 3 is 0.772 bits per heavy atom. The summed E-state index contributed by atoms with van der Waals surface area (Å²) in [4.78, 5) is 38.2. The van der Waals surface area contributed by atoms with Gasteiger partial charge in [-0.2, -0.15) is 0 Å². The van der Waals surface area contributed by atoms with Crippen molar-refractivity contribution in [2.75, 3.05) is 13.2 Å². The quantitative estimate of drug-likeness (QED) is 0.0261. The van der Waals surface area contributed by atoms with Crippen molar-refractivity contribution >= 4 is 17.9 Å². The molecule has 0 spiro atoms. The van der Waals surface area contributed by atoms with Crippen molar-refractivity contribution in [2.45, 2.75) is 322 Å². The van der Waals surface area contributed by atoms with Crippen LogP contribution in [0.1, 0.15) is 316 Å². The number of hydrogen-bond acceptors (Lipinski definition) is 6. The molecular weight excluding hydrogens is 973 g/mol. The predicted octanol–water partition coefficient (Wildman–Crippen LogP) is 23.0. The standard InChI is InChI=1S/C73H124O6/c1-4-7-10-13-16-19-22-24-26-28-29-30-31-32-33-34-35-36-37-38-39-40-41-42-43-44-45-46-48-49-51-54-57-60-63-66-72(75)78-69-70(68-77-71(74)65-62-59-56-53-21-18-15-12-9-6-3)79-73(76)67-64-61-58-55-52-50-47-27-25-23-20-17-14-11-8-5-2/h7,10,16,19,24,26,29-30,32-33,35-36,38-39,41-42,44-45,70H,4-6,8-9,11-15,17-18,20-23,25,27-28,31,34,37,40,43,46-69H2,1-3H3/b10-7-,19-16-,26-24-,30-29-,33-32-,36-35-,39-38-,42-41-,45-44-. The van der Waals surface area contributed by atoms with Gasteiger partial charge in [-0.15, -0.1) is 0 Å². The Labute approximate surface area is 489 Å². The average Bonchev–Trinajstić information content (AvgIpc) is 3.45. The van der Waals surface area contributed by atoms with Crippen LogP contribution in [0.5, 0.6) is 0 Å². The van der Waals surface area contributed by atoms with Crippen LogP contribution in [0, 0.1) is 0 Å². The Balaban J connectivity index is 4.20. The van der Waals surface area contributed by atoms with Crippen LogP contribution in [0.2, 0.25) is 0 Å². The van der Waals surface area contributed by atoms with E-state index in [-0.39, 0.29) is 31.1 Å². The highest BCUT2D eigenvalue weighted by Gasteiger charge is 2.19. The first kappa shape index (κ1) is 75.1. The normalized spacial score (nSPS) is 12.8. The second-order valence-electron chi connectivity index (χ2n) is 22.0.